The fraction of sp³-hybridized carbons (Fsp3) is 0.333. The zero-order valence-corrected chi connectivity index (χ0v) is 15.0. The highest BCUT2D eigenvalue weighted by Crippen LogP contribution is 2.51. The van der Waals surface area contributed by atoms with Gasteiger partial charge in [0.15, 0.2) is 0 Å². The number of amides is 1. The summed E-state index contributed by atoms with van der Waals surface area (Å²) in [5, 5.41) is 0.971. The van der Waals surface area contributed by atoms with E-state index >= 15 is 0 Å². The van der Waals surface area contributed by atoms with Gasteiger partial charge in [0.2, 0.25) is 0 Å². The van der Waals surface area contributed by atoms with Gasteiger partial charge in [0.25, 0.3) is 5.91 Å². The zero-order chi connectivity index (χ0) is 15.9. The molecule has 1 fully saturated rings. The summed E-state index contributed by atoms with van der Waals surface area (Å²) >= 11 is 8.34. The van der Waals surface area contributed by atoms with Crippen molar-refractivity contribution in [1.29, 1.82) is 0 Å². The van der Waals surface area contributed by atoms with E-state index in [0.29, 0.717) is 10.9 Å². The fourth-order valence-corrected chi connectivity index (χ4v) is 5.21. The summed E-state index contributed by atoms with van der Waals surface area (Å²) in [6, 6.07) is 5.99. The van der Waals surface area contributed by atoms with Crippen molar-refractivity contribution in [2.24, 2.45) is 0 Å². The molecule has 0 bridgehead atoms. The molecule has 1 amide bonds. The number of carbonyl (C=O) groups excluding carboxylic acids is 1. The summed E-state index contributed by atoms with van der Waals surface area (Å²) in [4.78, 5) is 18.2. The van der Waals surface area contributed by atoms with Gasteiger partial charge in [-0.15, -0.1) is 0 Å². The van der Waals surface area contributed by atoms with Crippen LogP contribution in [0, 0.1) is 0 Å². The van der Waals surface area contributed by atoms with Crippen LogP contribution in [0.25, 0.3) is 0 Å². The minimum atomic E-state index is 0.0122. The number of ether oxygens (including phenoxy) is 1. The highest BCUT2D eigenvalue weighted by Gasteiger charge is 2.38. The van der Waals surface area contributed by atoms with E-state index in [1.54, 1.807) is 23.8 Å². The lowest BCUT2D eigenvalue weighted by Crippen LogP contribution is -2.28. The minimum absolute atomic E-state index is 0.0122. The lowest BCUT2D eigenvalue weighted by molar-refractivity contribution is -0.122. The lowest BCUT2D eigenvalue weighted by atomic mass is 10.2. The number of hydrogen-bond donors (Lipinski definition) is 0. The third-order valence-corrected chi connectivity index (χ3v) is 6.33. The Labute approximate surface area is 143 Å². The number of thioether (sulfide) groups is 2. The van der Waals surface area contributed by atoms with Crippen LogP contribution in [0.3, 0.4) is 0 Å². The second-order valence-electron chi connectivity index (χ2n) is 4.73. The Balaban J connectivity index is 2.05. The molecule has 0 spiro atoms. The van der Waals surface area contributed by atoms with Gasteiger partial charge in [0, 0.05) is 24.1 Å². The molecule has 0 aromatic heterocycles. The first-order valence-corrected chi connectivity index (χ1v) is 9.06. The number of thiocarbonyl (C=S) groups is 1. The zero-order valence-electron chi connectivity index (χ0n) is 12.6. The van der Waals surface area contributed by atoms with Crippen molar-refractivity contribution in [2.45, 2.75) is 18.7 Å². The Bertz CT molecular complexity index is 687. The SMILES string of the molecule is CCN1C(=O)/C(=C2/Sc3ccc(OC)cc3N2CC)SC1=S. The molecule has 0 N–H and O–H groups in total. The monoisotopic (exact) mass is 352 g/mol. The molecule has 1 aromatic carbocycles. The summed E-state index contributed by atoms with van der Waals surface area (Å²) in [5.74, 6) is 0.832. The van der Waals surface area contributed by atoms with Crippen molar-refractivity contribution >= 4 is 51.7 Å². The van der Waals surface area contributed by atoms with Gasteiger partial charge in [-0.2, -0.15) is 0 Å². The van der Waals surface area contributed by atoms with E-state index < -0.39 is 0 Å². The summed E-state index contributed by atoms with van der Waals surface area (Å²) in [6.07, 6.45) is 0. The van der Waals surface area contributed by atoms with Crippen LogP contribution in [0.5, 0.6) is 5.75 Å². The average molecular weight is 353 g/mol. The first-order valence-electron chi connectivity index (χ1n) is 7.02. The predicted octanol–water partition coefficient (Wildman–Crippen LogP) is 3.68. The highest BCUT2D eigenvalue weighted by atomic mass is 32.2. The molecule has 0 atom stereocenters. The molecular formula is C15H16N2O2S3. The van der Waals surface area contributed by atoms with Crippen LogP contribution in [0.1, 0.15) is 13.8 Å². The van der Waals surface area contributed by atoms with Crippen molar-refractivity contribution in [2.75, 3.05) is 25.1 Å². The van der Waals surface area contributed by atoms with Gasteiger partial charge in [0.1, 0.15) is 20.0 Å². The second kappa shape index (κ2) is 6.14. The molecule has 22 heavy (non-hydrogen) atoms. The number of nitrogens with zero attached hydrogens (tertiary/aromatic N) is 2. The maximum atomic E-state index is 12.6. The highest BCUT2D eigenvalue weighted by molar-refractivity contribution is 8.27. The Morgan fingerprint density at radius 1 is 1.18 bits per heavy atom. The number of benzene rings is 1. The standard InChI is InChI=1S/C15H16N2O2S3/c1-4-16-10-8-9(19-3)6-7-11(10)21-14(16)12-13(18)17(5-2)15(20)22-12/h6-8H,4-5H2,1-3H3/b14-12-. The van der Waals surface area contributed by atoms with Crippen LogP contribution < -0.4 is 9.64 Å². The van der Waals surface area contributed by atoms with E-state index in [9.17, 15) is 4.79 Å². The van der Waals surface area contributed by atoms with Gasteiger partial charge in [-0.25, -0.2) is 0 Å². The van der Waals surface area contributed by atoms with Crippen LogP contribution in [0.15, 0.2) is 33.0 Å². The van der Waals surface area contributed by atoms with Crippen LogP contribution in [-0.2, 0) is 4.79 Å². The normalized spacial score (nSPS) is 20.9. The first kappa shape index (κ1) is 15.7. The number of methoxy groups -OCH3 is 1. The summed E-state index contributed by atoms with van der Waals surface area (Å²) < 4.78 is 5.95. The number of hydrogen-bond acceptors (Lipinski definition) is 6. The predicted molar refractivity (Wildman–Crippen MR) is 96.5 cm³/mol. The van der Waals surface area contributed by atoms with Crippen molar-refractivity contribution < 1.29 is 9.53 Å². The molecular weight excluding hydrogens is 336 g/mol. The van der Waals surface area contributed by atoms with E-state index in [4.69, 9.17) is 17.0 Å². The topological polar surface area (TPSA) is 32.8 Å². The van der Waals surface area contributed by atoms with E-state index in [0.717, 1.165) is 32.8 Å². The summed E-state index contributed by atoms with van der Waals surface area (Å²) in [5.41, 5.74) is 1.09. The molecule has 7 heteroatoms. The lowest BCUT2D eigenvalue weighted by Gasteiger charge is -2.19. The Morgan fingerprint density at radius 3 is 2.50 bits per heavy atom. The van der Waals surface area contributed by atoms with Gasteiger partial charge in [-0.3, -0.25) is 9.69 Å². The fourth-order valence-electron chi connectivity index (χ4n) is 2.47. The molecule has 116 valence electrons. The third kappa shape index (κ3) is 2.41. The maximum absolute atomic E-state index is 12.6. The van der Waals surface area contributed by atoms with Gasteiger partial charge >= 0.3 is 0 Å². The van der Waals surface area contributed by atoms with Crippen LogP contribution in [0.2, 0.25) is 0 Å². The van der Waals surface area contributed by atoms with E-state index in [-0.39, 0.29) is 5.91 Å². The van der Waals surface area contributed by atoms with Gasteiger partial charge < -0.3 is 9.64 Å². The number of fused-ring (bicyclic) bond motifs is 1. The molecule has 1 aromatic rings. The van der Waals surface area contributed by atoms with Crippen molar-refractivity contribution in [3.05, 3.63) is 28.1 Å². The smallest absolute Gasteiger partial charge is 0.268 e. The largest absolute Gasteiger partial charge is 0.497 e. The van der Waals surface area contributed by atoms with E-state index in [1.165, 1.54) is 11.8 Å². The average Bonchev–Trinajstić information content (AvgIpc) is 3.03. The molecule has 2 aliphatic rings. The van der Waals surface area contributed by atoms with Crippen molar-refractivity contribution in [1.82, 2.24) is 4.90 Å². The van der Waals surface area contributed by atoms with Crippen LogP contribution >= 0.6 is 35.7 Å². The maximum Gasteiger partial charge on any atom is 0.268 e. The molecule has 0 aliphatic carbocycles. The Hall–Kier alpha value is -1.18. The first-order chi connectivity index (χ1) is 10.6. The number of likely N-dealkylation sites (N-methyl/N-ethyl adjacent to an activating group) is 1. The Kier molecular flexibility index (Phi) is 4.38. The quantitative estimate of drug-likeness (QED) is 0.610. The molecule has 1 saturated heterocycles. The summed E-state index contributed by atoms with van der Waals surface area (Å²) in [6.45, 7) is 5.42. The second-order valence-corrected chi connectivity index (χ2v) is 7.41. The third-order valence-electron chi connectivity index (χ3n) is 3.58. The molecule has 4 nitrogen and oxygen atoms in total. The summed E-state index contributed by atoms with van der Waals surface area (Å²) in [7, 11) is 1.66. The number of carbonyl (C=O) groups is 1. The van der Waals surface area contributed by atoms with Crippen LogP contribution in [0.4, 0.5) is 5.69 Å². The molecule has 2 heterocycles. The van der Waals surface area contributed by atoms with Crippen LogP contribution in [-0.4, -0.2) is 35.3 Å². The van der Waals surface area contributed by atoms with Gasteiger partial charge in [0.05, 0.1) is 12.8 Å². The number of anilines is 1. The molecule has 0 unspecified atom stereocenters. The van der Waals surface area contributed by atoms with E-state index in [1.807, 2.05) is 25.1 Å². The molecule has 0 saturated carbocycles. The van der Waals surface area contributed by atoms with Gasteiger partial charge in [-0.1, -0.05) is 35.7 Å². The Morgan fingerprint density at radius 2 is 1.91 bits per heavy atom. The molecule has 3 rings (SSSR count). The van der Waals surface area contributed by atoms with Gasteiger partial charge in [-0.05, 0) is 26.0 Å². The van der Waals surface area contributed by atoms with E-state index in [2.05, 4.69) is 11.8 Å². The minimum Gasteiger partial charge on any atom is -0.497 e. The number of rotatable bonds is 3. The van der Waals surface area contributed by atoms with Crippen molar-refractivity contribution in [3.8, 4) is 5.75 Å². The molecule has 2 aliphatic heterocycles. The molecule has 0 radical (unpaired) electrons. The van der Waals surface area contributed by atoms with Crippen molar-refractivity contribution in [3.63, 3.8) is 0 Å².